The van der Waals surface area contributed by atoms with Crippen molar-refractivity contribution in [1.82, 2.24) is 20.9 Å². The molecular formula is C28H44N4O6. The molecule has 0 spiro atoms. The first kappa shape index (κ1) is 31.1. The number of rotatable bonds is 9. The summed E-state index contributed by atoms with van der Waals surface area (Å²) in [7, 11) is 0. The van der Waals surface area contributed by atoms with Crippen molar-refractivity contribution >= 4 is 29.6 Å². The van der Waals surface area contributed by atoms with Gasteiger partial charge in [0.1, 0.15) is 17.7 Å². The lowest BCUT2D eigenvalue weighted by atomic mass is 9.85. The van der Waals surface area contributed by atoms with Crippen LogP contribution in [0.4, 0.5) is 4.79 Å². The predicted molar refractivity (Wildman–Crippen MR) is 143 cm³/mol. The van der Waals surface area contributed by atoms with E-state index in [4.69, 9.17) is 11.2 Å². The monoisotopic (exact) mass is 532 g/mol. The average molecular weight is 533 g/mol. The maximum absolute atomic E-state index is 13.9. The molecule has 10 heteroatoms. The normalized spacial score (nSPS) is 23.3. The van der Waals surface area contributed by atoms with Gasteiger partial charge in [-0.1, -0.05) is 53.9 Å². The van der Waals surface area contributed by atoms with Gasteiger partial charge in [0.05, 0.1) is 12.6 Å². The molecule has 2 aliphatic rings. The number of nitrogens with zero attached hydrogens (tertiary/aromatic N) is 1. The number of hydrogen-bond donors (Lipinski definition) is 3. The lowest BCUT2D eigenvalue weighted by Gasteiger charge is -2.38. The number of Topliss-reactive ketones (excluding diaryl/α,β-unsaturated/α-hetero) is 1. The molecule has 0 aromatic heterocycles. The van der Waals surface area contributed by atoms with E-state index in [1.165, 1.54) is 4.90 Å². The molecule has 2 fully saturated rings. The average Bonchev–Trinajstić information content (AvgIpc) is 3.11. The van der Waals surface area contributed by atoms with Crippen LogP contribution in [0.15, 0.2) is 0 Å². The number of carbonyl (C=O) groups is 5. The summed E-state index contributed by atoms with van der Waals surface area (Å²) >= 11 is 0. The number of ketones is 1. The highest BCUT2D eigenvalue weighted by Gasteiger charge is 2.69. The van der Waals surface area contributed by atoms with Gasteiger partial charge in [-0.15, -0.1) is 6.42 Å². The van der Waals surface area contributed by atoms with Gasteiger partial charge < -0.3 is 25.6 Å². The Labute approximate surface area is 226 Å². The van der Waals surface area contributed by atoms with Gasteiger partial charge in [0.2, 0.25) is 17.6 Å². The van der Waals surface area contributed by atoms with Crippen molar-refractivity contribution in [2.75, 3.05) is 13.1 Å². The molecular weight excluding hydrogens is 488 g/mol. The summed E-state index contributed by atoms with van der Waals surface area (Å²) in [6, 6.07) is -2.83. The van der Waals surface area contributed by atoms with Gasteiger partial charge >= 0.3 is 6.09 Å². The largest absolute Gasteiger partial charge is 0.444 e. The van der Waals surface area contributed by atoms with E-state index < -0.39 is 58.7 Å². The number of likely N-dealkylation sites (tertiary alicyclic amines) is 1. The summed E-state index contributed by atoms with van der Waals surface area (Å²) in [5.41, 5.74) is -1.58. The first-order valence-electron chi connectivity index (χ1n) is 13.2. The Morgan fingerprint density at radius 3 is 2.18 bits per heavy atom. The minimum atomic E-state index is -1.04. The fourth-order valence-electron chi connectivity index (χ4n) is 5.24. The molecule has 0 aromatic rings. The standard InChI is InChI=1S/C28H44N4O6/c1-11-13-17(20(33)23(35)29-14-12-2)30-22(34)19-18-16(28(18,9)10)15-32(19)24(36)21(26(3,4)5)31-25(37)38-27(6,7)8/h2,16-19,21H,11,13-15H2,1,3-10H3,(H,29,35)(H,30,34)(H,31,37)/t16-,17?,18-,19-,21+/m0/s1. The van der Waals surface area contributed by atoms with Gasteiger partial charge in [-0.2, -0.15) is 0 Å². The van der Waals surface area contributed by atoms with E-state index in [0.29, 0.717) is 13.0 Å². The summed E-state index contributed by atoms with van der Waals surface area (Å²) in [6.45, 7) is 16.9. The smallest absolute Gasteiger partial charge is 0.408 e. The van der Waals surface area contributed by atoms with Crippen LogP contribution in [0.1, 0.15) is 75.2 Å². The van der Waals surface area contributed by atoms with Gasteiger partial charge in [-0.3, -0.25) is 19.2 Å². The third-order valence-electron chi connectivity index (χ3n) is 7.32. The third-order valence-corrected chi connectivity index (χ3v) is 7.32. The quantitative estimate of drug-likeness (QED) is 0.307. The van der Waals surface area contributed by atoms with Gasteiger partial charge in [0.25, 0.3) is 5.91 Å². The maximum atomic E-state index is 13.9. The van der Waals surface area contributed by atoms with Crippen molar-refractivity contribution in [2.24, 2.45) is 22.7 Å². The van der Waals surface area contributed by atoms with Crippen LogP contribution >= 0.6 is 0 Å². The zero-order valence-corrected chi connectivity index (χ0v) is 24.2. The molecule has 1 saturated heterocycles. The second-order valence-corrected chi connectivity index (χ2v) is 12.9. The van der Waals surface area contributed by atoms with Crippen LogP contribution < -0.4 is 16.0 Å². The predicted octanol–water partition coefficient (Wildman–Crippen LogP) is 2.01. The number of nitrogens with one attached hydrogen (secondary N) is 3. The lowest BCUT2D eigenvalue weighted by molar-refractivity contribution is -0.145. The van der Waals surface area contributed by atoms with E-state index in [1.54, 1.807) is 20.8 Å². The van der Waals surface area contributed by atoms with Gasteiger partial charge in [-0.05, 0) is 49.9 Å². The molecule has 1 aliphatic heterocycles. The van der Waals surface area contributed by atoms with Crippen LogP contribution in [0.5, 0.6) is 0 Å². The molecule has 1 saturated carbocycles. The Morgan fingerprint density at radius 1 is 1.08 bits per heavy atom. The van der Waals surface area contributed by atoms with Crippen molar-refractivity contribution in [3.63, 3.8) is 0 Å². The number of fused-ring (bicyclic) bond motifs is 1. The Bertz CT molecular complexity index is 1000. The molecule has 0 bridgehead atoms. The molecule has 3 N–H and O–H groups in total. The second kappa shape index (κ2) is 11.3. The highest BCUT2D eigenvalue weighted by atomic mass is 16.6. The summed E-state index contributed by atoms with van der Waals surface area (Å²) in [5, 5.41) is 7.79. The SMILES string of the molecule is C#CCNC(=O)C(=O)C(CCC)NC(=O)[C@@H]1[C@@H]2[C@H](CN1C(=O)[C@@H](NC(=O)OC(C)(C)C)C(C)(C)C)C2(C)C. The summed E-state index contributed by atoms with van der Waals surface area (Å²) in [6.07, 6.45) is 5.25. The van der Waals surface area contributed by atoms with Crippen molar-refractivity contribution in [3.05, 3.63) is 0 Å². The summed E-state index contributed by atoms with van der Waals surface area (Å²) in [5.74, 6) is -0.289. The number of piperidine rings is 1. The molecule has 0 aromatic carbocycles. The fraction of sp³-hybridized carbons (Fsp3) is 0.750. The number of terminal acetylenes is 1. The number of amides is 4. The van der Waals surface area contributed by atoms with Crippen LogP contribution in [0, 0.1) is 35.0 Å². The van der Waals surface area contributed by atoms with E-state index >= 15 is 0 Å². The number of hydrogen-bond acceptors (Lipinski definition) is 6. The Hall–Kier alpha value is -3.09. The molecule has 2 rings (SSSR count). The first-order chi connectivity index (χ1) is 17.4. The number of ether oxygens (including phenoxy) is 1. The Kier molecular flexibility index (Phi) is 9.29. The second-order valence-electron chi connectivity index (χ2n) is 12.9. The minimum absolute atomic E-state index is 0.0982. The van der Waals surface area contributed by atoms with Crippen molar-refractivity contribution in [2.45, 2.75) is 98.9 Å². The van der Waals surface area contributed by atoms with E-state index in [9.17, 15) is 24.0 Å². The molecule has 212 valence electrons. The number of alkyl carbamates (subject to hydrolysis) is 1. The van der Waals surface area contributed by atoms with Crippen molar-refractivity contribution < 1.29 is 28.7 Å². The van der Waals surface area contributed by atoms with Crippen molar-refractivity contribution in [3.8, 4) is 12.3 Å². The summed E-state index contributed by atoms with van der Waals surface area (Å²) in [4.78, 5) is 66.6. The van der Waals surface area contributed by atoms with Gasteiger partial charge in [0.15, 0.2) is 0 Å². The van der Waals surface area contributed by atoms with Crippen LogP contribution in [0.25, 0.3) is 0 Å². The Balaban J connectivity index is 2.30. The molecule has 5 atom stereocenters. The fourth-order valence-corrected chi connectivity index (χ4v) is 5.24. The molecule has 38 heavy (non-hydrogen) atoms. The zero-order valence-electron chi connectivity index (χ0n) is 24.2. The molecule has 1 aliphatic carbocycles. The third kappa shape index (κ3) is 7.06. The van der Waals surface area contributed by atoms with E-state index in [2.05, 4.69) is 21.9 Å². The highest BCUT2D eigenvalue weighted by Crippen LogP contribution is 2.65. The lowest BCUT2D eigenvalue weighted by Crippen LogP contribution is -2.60. The maximum Gasteiger partial charge on any atom is 0.408 e. The van der Waals surface area contributed by atoms with Crippen LogP contribution in [0.3, 0.4) is 0 Å². The topological polar surface area (TPSA) is 134 Å². The zero-order chi connectivity index (χ0) is 29.2. The minimum Gasteiger partial charge on any atom is -0.444 e. The highest BCUT2D eigenvalue weighted by molar-refractivity contribution is 6.38. The Morgan fingerprint density at radius 2 is 1.68 bits per heavy atom. The van der Waals surface area contributed by atoms with E-state index in [-0.39, 0.29) is 30.2 Å². The molecule has 0 radical (unpaired) electrons. The molecule has 1 heterocycles. The molecule has 10 nitrogen and oxygen atoms in total. The van der Waals surface area contributed by atoms with Gasteiger partial charge in [-0.25, -0.2) is 4.79 Å². The van der Waals surface area contributed by atoms with Crippen LogP contribution in [0.2, 0.25) is 0 Å². The van der Waals surface area contributed by atoms with E-state index in [1.807, 2.05) is 41.5 Å². The van der Waals surface area contributed by atoms with E-state index in [0.717, 1.165) is 0 Å². The first-order valence-corrected chi connectivity index (χ1v) is 13.2. The van der Waals surface area contributed by atoms with Gasteiger partial charge in [0, 0.05) is 6.54 Å². The molecule has 1 unspecified atom stereocenters. The van der Waals surface area contributed by atoms with Crippen LogP contribution in [-0.4, -0.2) is 71.3 Å². The molecule has 4 amide bonds. The van der Waals surface area contributed by atoms with Crippen LogP contribution in [-0.2, 0) is 23.9 Å². The summed E-state index contributed by atoms with van der Waals surface area (Å²) < 4.78 is 5.38. The number of carbonyl (C=O) groups excluding carboxylic acids is 5. The van der Waals surface area contributed by atoms with Crippen molar-refractivity contribution in [1.29, 1.82) is 0 Å².